The van der Waals surface area contributed by atoms with Crippen LogP contribution in [0.4, 0.5) is 0 Å². The van der Waals surface area contributed by atoms with E-state index in [0.717, 1.165) is 18.0 Å². The number of halogens is 2. The predicted octanol–water partition coefficient (Wildman–Crippen LogP) is 2.19. The van der Waals surface area contributed by atoms with Gasteiger partial charge >= 0.3 is 0 Å². The lowest BCUT2D eigenvalue weighted by Crippen LogP contribution is -3.00. The van der Waals surface area contributed by atoms with Crippen LogP contribution in [0.3, 0.4) is 0 Å². The Bertz CT molecular complexity index is 695. The second kappa shape index (κ2) is 7.56. The normalized spacial score (nSPS) is 14.5. The Hall–Kier alpha value is -0.930. The summed E-state index contributed by atoms with van der Waals surface area (Å²) < 4.78 is 0. The first-order valence-electron chi connectivity index (χ1n) is 7.07. The molecule has 116 valence electrons. The molecule has 22 heavy (non-hydrogen) atoms. The average molecular weight is 351 g/mol. The second-order valence-electron chi connectivity index (χ2n) is 5.45. The molecule has 0 saturated heterocycles. The minimum atomic E-state index is 0. The Morgan fingerprint density at radius 1 is 1.05 bits per heavy atom. The molecular weight excluding hydrogens is 333 g/mol. The standard InChI is InChI=1S/C18H18ClNS.ClH/c1-20(2)11-5-7-14-15-6-3-4-8-17(15)21-18-10-9-13(19)12-16(14)18;/h3-4,6-10,12H,5,11H2,1-2H3;1H/p-1/b14-7+;. The molecule has 1 aliphatic heterocycles. The van der Waals surface area contributed by atoms with Crippen molar-refractivity contribution in [2.24, 2.45) is 0 Å². The molecule has 3 rings (SSSR count). The fourth-order valence-electron chi connectivity index (χ4n) is 2.53. The molecule has 0 aliphatic carbocycles. The number of benzene rings is 2. The number of fused-ring (bicyclic) bond motifs is 2. The largest absolute Gasteiger partial charge is 1.00 e. The van der Waals surface area contributed by atoms with Gasteiger partial charge in [0.05, 0.1) is 0 Å². The van der Waals surface area contributed by atoms with Crippen molar-refractivity contribution in [3.8, 4) is 0 Å². The van der Waals surface area contributed by atoms with Crippen LogP contribution in [0.1, 0.15) is 17.5 Å². The maximum absolute atomic E-state index is 6.21. The quantitative estimate of drug-likeness (QED) is 0.712. The van der Waals surface area contributed by atoms with Gasteiger partial charge in [-0.1, -0.05) is 47.6 Å². The molecule has 2 aromatic rings. The molecule has 4 heteroatoms. The fraction of sp³-hybridized carbons (Fsp3) is 0.222. The van der Waals surface area contributed by atoms with Gasteiger partial charge < -0.3 is 17.3 Å². The number of nitrogens with zero attached hydrogens (tertiary/aromatic N) is 1. The molecule has 0 amide bonds. The van der Waals surface area contributed by atoms with E-state index < -0.39 is 0 Å². The molecule has 0 unspecified atom stereocenters. The Morgan fingerprint density at radius 3 is 2.55 bits per heavy atom. The van der Waals surface area contributed by atoms with Gasteiger partial charge in [0.25, 0.3) is 0 Å². The Labute approximate surface area is 147 Å². The first kappa shape index (κ1) is 17.4. The molecule has 2 aromatic carbocycles. The van der Waals surface area contributed by atoms with Crippen LogP contribution < -0.4 is 12.4 Å². The summed E-state index contributed by atoms with van der Waals surface area (Å²) in [5, 5.41) is 0.798. The van der Waals surface area contributed by atoms with Crippen LogP contribution in [0.25, 0.3) is 5.57 Å². The zero-order chi connectivity index (χ0) is 14.8. The SMILES string of the molecule is CN(C)CC/C=C1\c2ccccc2Sc2ccc(Cl)cc21.[Cl-]. The van der Waals surface area contributed by atoms with E-state index in [-0.39, 0.29) is 12.4 Å². The highest BCUT2D eigenvalue weighted by molar-refractivity contribution is 7.99. The zero-order valence-electron chi connectivity index (χ0n) is 12.6. The first-order valence-corrected chi connectivity index (χ1v) is 8.26. The minimum Gasteiger partial charge on any atom is -1.00 e. The highest BCUT2D eigenvalue weighted by Crippen LogP contribution is 2.46. The second-order valence-corrected chi connectivity index (χ2v) is 6.97. The molecule has 0 radical (unpaired) electrons. The van der Waals surface area contributed by atoms with Crippen molar-refractivity contribution in [3.63, 3.8) is 0 Å². The van der Waals surface area contributed by atoms with Gasteiger partial charge in [-0.15, -0.1) is 0 Å². The van der Waals surface area contributed by atoms with Crippen LogP contribution in [-0.2, 0) is 0 Å². The van der Waals surface area contributed by atoms with Gasteiger partial charge in [0, 0.05) is 21.4 Å². The number of hydrogen-bond acceptors (Lipinski definition) is 2. The third-order valence-corrected chi connectivity index (χ3v) is 4.94. The molecule has 0 fully saturated rings. The molecule has 0 aromatic heterocycles. The molecule has 0 atom stereocenters. The Kier molecular flexibility index (Phi) is 5.99. The topological polar surface area (TPSA) is 3.24 Å². The van der Waals surface area contributed by atoms with Gasteiger partial charge in [0.2, 0.25) is 0 Å². The van der Waals surface area contributed by atoms with E-state index in [1.165, 1.54) is 26.5 Å². The summed E-state index contributed by atoms with van der Waals surface area (Å²) in [4.78, 5) is 4.82. The van der Waals surface area contributed by atoms with Crippen LogP contribution in [0.15, 0.2) is 58.3 Å². The summed E-state index contributed by atoms with van der Waals surface area (Å²) in [7, 11) is 4.21. The average Bonchev–Trinajstić information content (AvgIpc) is 2.46. The van der Waals surface area contributed by atoms with E-state index in [1.807, 2.05) is 17.8 Å². The van der Waals surface area contributed by atoms with Gasteiger partial charge in [0.15, 0.2) is 0 Å². The lowest BCUT2D eigenvalue weighted by molar-refractivity contribution is -0.00000411. The van der Waals surface area contributed by atoms with Gasteiger partial charge in [-0.2, -0.15) is 0 Å². The summed E-state index contributed by atoms with van der Waals surface area (Å²) >= 11 is 8.03. The van der Waals surface area contributed by atoms with Gasteiger partial charge in [-0.3, -0.25) is 0 Å². The van der Waals surface area contributed by atoms with E-state index in [2.05, 4.69) is 61.5 Å². The van der Waals surface area contributed by atoms with Crippen molar-refractivity contribution in [1.82, 2.24) is 4.90 Å². The van der Waals surface area contributed by atoms with Crippen molar-refractivity contribution in [1.29, 1.82) is 0 Å². The molecule has 0 N–H and O–H groups in total. The fourth-order valence-corrected chi connectivity index (χ4v) is 3.79. The molecule has 1 heterocycles. The number of rotatable bonds is 3. The summed E-state index contributed by atoms with van der Waals surface area (Å²) in [6.07, 6.45) is 3.38. The summed E-state index contributed by atoms with van der Waals surface area (Å²) in [6, 6.07) is 14.8. The van der Waals surface area contributed by atoms with Gasteiger partial charge in [-0.05, 0) is 61.5 Å². The van der Waals surface area contributed by atoms with Crippen molar-refractivity contribution >= 4 is 28.9 Å². The summed E-state index contributed by atoms with van der Waals surface area (Å²) in [6.45, 7) is 1.05. The lowest BCUT2D eigenvalue weighted by atomic mass is 9.96. The van der Waals surface area contributed by atoms with E-state index in [9.17, 15) is 0 Å². The Balaban J connectivity index is 0.00000176. The maximum Gasteiger partial charge on any atom is 0.0412 e. The maximum atomic E-state index is 6.21. The predicted molar refractivity (Wildman–Crippen MR) is 92.3 cm³/mol. The molecule has 0 bridgehead atoms. The van der Waals surface area contributed by atoms with E-state index >= 15 is 0 Å². The molecule has 0 saturated carbocycles. The molecule has 1 nitrogen and oxygen atoms in total. The highest BCUT2D eigenvalue weighted by atomic mass is 35.5. The third kappa shape index (κ3) is 3.69. The smallest absolute Gasteiger partial charge is 0.0412 e. The van der Waals surface area contributed by atoms with Crippen LogP contribution in [0.2, 0.25) is 5.02 Å². The Morgan fingerprint density at radius 2 is 1.77 bits per heavy atom. The third-order valence-electron chi connectivity index (χ3n) is 3.55. The van der Waals surface area contributed by atoms with Crippen LogP contribution >= 0.6 is 23.4 Å². The van der Waals surface area contributed by atoms with Crippen LogP contribution in [-0.4, -0.2) is 25.5 Å². The monoisotopic (exact) mass is 350 g/mol. The van der Waals surface area contributed by atoms with E-state index in [4.69, 9.17) is 11.6 Å². The highest BCUT2D eigenvalue weighted by Gasteiger charge is 2.20. The van der Waals surface area contributed by atoms with Crippen molar-refractivity contribution < 1.29 is 12.4 Å². The van der Waals surface area contributed by atoms with E-state index in [1.54, 1.807) is 0 Å². The van der Waals surface area contributed by atoms with Crippen molar-refractivity contribution in [3.05, 3.63) is 64.7 Å². The van der Waals surface area contributed by atoms with Gasteiger partial charge in [-0.25, -0.2) is 0 Å². The molecular formula is C18H18Cl2NS-. The van der Waals surface area contributed by atoms with Crippen molar-refractivity contribution in [2.45, 2.75) is 16.2 Å². The molecule has 1 aliphatic rings. The minimum absolute atomic E-state index is 0. The lowest BCUT2D eigenvalue weighted by Gasteiger charge is -2.22. The van der Waals surface area contributed by atoms with Gasteiger partial charge in [0.1, 0.15) is 0 Å². The van der Waals surface area contributed by atoms with Crippen molar-refractivity contribution in [2.75, 3.05) is 20.6 Å². The number of hydrogen-bond donors (Lipinski definition) is 0. The van der Waals surface area contributed by atoms with Crippen LogP contribution in [0, 0.1) is 0 Å². The zero-order valence-corrected chi connectivity index (χ0v) is 15.0. The van der Waals surface area contributed by atoms with Crippen LogP contribution in [0.5, 0.6) is 0 Å². The molecule has 0 spiro atoms. The first-order chi connectivity index (χ1) is 10.1. The summed E-state index contributed by atoms with van der Waals surface area (Å²) in [5.74, 6) is 0. The summed E-state index contributed by atoms with van der Waals surface area (Å²) in [5.41, 5.74) is 3.88. The van der Waals surface area contributed by atoms with E-state index in [0.29, 0.717) is 0 Å².